The lowest BCUT2D eigenvalue weighted by Crippen LogP contribution is -2.25. The second-order valence-corrected chi connectivity index (χ2v) is 5.38. The highest BCUT2D eigenvalue weighted by Crippen LogP contribution is 2.29. The summed E-state index contributed by atoms with van der Waals surface area (Å²) in [6.07, 6.45) is 4.71. The van der Waals surface area contributed by atoms with Gasteiger partial charge in [-0.2, -0.15) is 0 Å². The van der Waals surface area contributed by atoms with E-state index in [-0.39, 0.29) is 5.91 Å². The molecule has 3 nitrogen and oxygen atoms in total. The molecule has 3 rings (SSSR count). The fourth-order valence-corrected chi connectivity index (χ4v) is 3.12. The van der Waals surface area contributed by atoms with Crippen LogP contribution in [-0.2, 0) is 17.6 Å². The molecule has 1 fully saturated rings. The van der Waals surface area contributed by atoms with Gasteiger partial charge in [0.15, 0.2) is 0 Å². The summed E-state index contributed by atoms with van der Waals surface area (Å²) in [4.78, 5) is 13.4. The quantitative estimate of drug-likeness (QED) is 0.861. The Morgan fingerprint density at radius 3 is 3.11 bits per heavy atom. The molecule has 96 valence electrons. The van der Waals surface area contributed by atoms with Crippen LogP contribution in [0.3, 0.4) is 0 Å². The lowest BCUT2D eigenvalue weighted by molar-refractivity contribution is -0.116. The van der Waals surface area contributed by atoms with Gasteiger partial charge in [-0.25, -0.2) is 0 Å². The minimum Gasteiger partial charge on any atom is -0.314 e. The van der Waals surface area contributed by atoms with Crippen molar-refractivity contribution >= 4 is 11.6 Å². The molecule has 1 amide bonds. The topological polar surface area (TPSA) is 32.3 Å². The van der Waals surface area contributed by atoms with E-state index in [9.17, 15) is 4.79 Å². The summed E-state index contributed by atoms with van der Waals surface area (Å²) >= 11 is 0. The third kappa shape index (κ3) is 2.15. The zero-order valence-electron chi connectivity index (χ0n) is 10.9. The zero-order chi connectivity index (χ0) is 12.5. The van der Waals surface area contributed by atoms with E-state index >= 15 is 0 Å². The highest BCUT2D eigenvalue weighted by atomic mass is 16.2. The minimum absolute atomic E-state index is 0.152. The number of fused-ring (bicyclic) bond motifs is 1. The van der Waals surface area contributed by atoms with E-state index in [2.05, 4.69) is 23.5 Å². The van der Waals surface area contributed by atoms with E-state index in [0.717, 1.165) is 31.6 Å². The Hall–Kier alpha value is -1.35. The van der Waals surface area contributed by atoms with E-state index < -0.39 is 0 Å². The van der Waals surface area contributed by atoms with Gasteiger partial charge in [0.25, 0.3) is 0 Å². The molecule has 1 unspecified atom stereocenters. The predicted molar refractivity (Wildman–Crippen MR) is 72.9 cm³/mol. The zero-order valence-corrected chi connectivity index (χ0v) is 10.9. The molecule has 2 aliphatic rings. The summed E-state index contributed by atoms with van der Waals surface area (Å²) in [6, 6.07) is 7.24. The second-order valence-electron chi connectivity index (χ2n) is 5.38. The summed E-state index contributed by atoms with van der Waals surface area (Å²) in [5, 5.41) is 3.54. The number of amides is 1. The molecule has 1 aromatic carbocycles. The first-order chi connectivity index (χ1) is 8.74. The van der Waals surface area contributed by atoms with Crippen molar-refractivity contribution in [2.75, 3.05) is 18.0 Å². The van der Waals surface area contributed by atoms with E-state index in [0.29, 0.717) is 6.04 Å². The standard InChI is InChI=1S/C15H20N2O/c1-11(18)17-8-6-13-9-12(4-5-15(13)17)10-14-3-2-7-16-14/h4-5,9,14,16H,2-3,6-8,10H2,1H3. The van der Waals surface area contributed by atoms with Gasteiger partial charge in [-0.3, -0.25) is 4.79 Å². The van der Waals surface area contributed by atoms with Gasteiger partial charge in [-0.1, -0.05) is 12.1 Å². The normalized spacial score (nSPS) is 22.3. The van der Waals surface area contributed by atoms with E-state index in [4.69, 9.17) is 0 Å². The smallest absolute Gasteiger partial charge is 0.223 e. The van der Waals surface area contributed by atoms with Crippen LogP contribution in [0.25, 0.3) is 0 Å². The van der Waals surface area contributed by atoms with Crippen LogP contribution in [-0.4, -0.2) is 25.0 Å². The minimum atomic E-state index is 0.152. The molecule has 1 atom stereocenters. The maximum absolute atomic E-state index is 11.5. The molecule has 0 aromatic heterocycles. The van der Waals surface area contributed by atoms with Crippen LogP contribution in [0.5, 0.6) is 0 Å². The van der Waals surface area contributed by atoms with Crippen molar-refractivity contribution in [3.63, 3.8) is 0 Å². The fourth-order valence-electron chi connectivity index (χ4n) is 3.12. The van der Waals surface area contributed by atoms with Crippen molar-refractivity contribution in [2.45, 2.75) is 38.6 Å². The number of nitrogens with zero attached hydrogens (tertiary/aromatic N) is 1. The number of rotatable bonds is 2. The van der Waals surface area contributed by atoms with Gasteiger partial charge in [0.05, 0.1) is 0 Å². The molecule has 3 heteroatoms. The van der Waals surface area contributed by atoms with Crippen LogP contribution in [0, 0.1) is 0 Å². The summed E-state index contributed by atoms with van der Waals surface area (Å²) in [7, 11) is 0. The molecule has 2 heterocycles. The number of hydrogen-bond acceptors (Lipinski definition) is 2. The van der Waals surface area contributed by atoms with Gasteiger partial charge in [0.1, 0.15) is 0 Å². The molecule has 0 saturated carbocycles. The predicted octanol–water partition coefficient (Wildman–Crippen LogP) is 1.89. The number of carbonyl (C=O) groups is 1. The van der Waals surface area contributed by atoms with Gasteiger partial charge in [0, 0.05) is 25.2 Å². The lowest BCUT2D eigenvalue weighted by Gasteiger charge is -2.15. The lowest BCUT2D eigenvalue weighted by atomic mass is 10.0. The largest absolute Gasteiger partial charge is 0.314 e. The summed E-state index contributed by atoms with van der Waals surface area (Å²) in [5.74, 6) is 0.152. The first-order valence-corrected chi connectivity index (χ1v) is 6.87. The molecular formula is C15H20N2O. The highest BCUT2D eigenvalue weighted by Gasteiger charge is 2.22. The van der Waals surface area contributed by atoms with E-state index in [1.54, 1.807) is 6.92 Å². The van der Waals surface area contributed by atoms with Crippen molar-refractivity contribution in [3.8, 4) is 0 Å². The third-order valence-corrected chi connectivity index (χ3v) is 4.06. The van der Waals surface area contributed by atoms with Crippen molar-refractivity contribution < 1.29 is 4.79 Å². The average Bonchev–Trinajstić information content (AvgIpc) is 2.97. The van der Waals surface area contributed by atoms with Crippen LogP contribution < -0.4 is 10.2 Å². The maximum Gasteiger partial charge on any atom is 0.223 e. The Labute approximate surface area is 108 Å². The molecule has 1 saturated heterocycles. The van der Waals surface area contributed by atoms with E-state index in [1.165, 1.54) is 24.0 Å². The molecule has 0 aliphatic carbocycles. The number of carbonyl (C=O) groups excluding carboxylic acids is 1. The summed E-state index contributed by atoms with van der Waals surface area (Å²) < 4.78 is 0. The van der Waals surface area contributed by atoms with Gasteiger partial charge < -0.3 is 10.2 Å². The Morgan fingerprint density at radius 1 is 1.50 bits per heavy atom. The Kier molecular flexibility index (Phi) is 3.08. The number of anilines is 1. The Bertz CT molecular complexity index is 464. The highest BCUT2D eigenvalue weighted by molar-refractivity contribution is 5.93. The Balaban J connectivity index is 1.77. The molecule has 2 aliphatic heterocycles. The van der Waals surface area contributed by atoms with Crippen molar-refractivity contribution in [2.24, 2.45) is 0 Å². The second kappa shape index (κ2) is 4.73. The molecular weight excluding hydrogens is 224 g/mol. The Morgan fingerprint density at radius 2 is 2.39 bits per heavy atom. The van der Waals surface area contributed by atoms with Crippen LogP contribution in [0.4, 0.5) is 5.69 Å². The fraction of sp³-hybridized carbons (Fsp3) is 0.533. The van der Waals surface area contributed by atoms with Crippen molar-refractivity contribution in [1.29, 1.82) is 0 Å². The maximum atomic E-state index is 11.5. The molecule has 0 radical (unpaired) electrons. The number of nitrogens with one attached hydrogen (secondary N) is 1. The molecule has 1 N–H and O–H groups in total. The van der Waals surface area contributed by atoms with Crippen molar-refractivity contribution in [1.82, 2.24) is 5.32 Å². The van der Waals surface area contributed by atoms with Gasteiger partial charge >= 0.3 is 0 Å². The first-order valence-electron chi connectivity index (χ1n) is 6.87. The summed E-state index contributed by atoms with van der Waals surface area (Å²) in [6.45, 7) is 3.65. The van der Waals surface area contributed by atoms with Gasteiger partial charge in [0.2, 0.25) is 5.91 Å². The summed E-state index contributed by atoms with van der Waals surface area (Å²) in [5.41, 5.74) is 3.85. The van der Waals surface area contributed by atoms with Crippen LogP contribution in [0.1, 0.15) is 30.9 Å². The molecule has 1 aromatic rings. The monoisotopic (exact) mass is 244 g/mol. The number of benzene rings is 1. The SMILES string of the molecule is CC(=O)N1CCc2cc(CC3CCCN3)ccc21. The first kappa shape index (κ1) is 11.7. The van der Waals surface area contributed by atoms with Crippen LogP contribution in [0.2, 0.25) is 0 Å². The van der Waals surface area contributed by atoms with Crippen LogP contribution >= 0.6 is 0 Å². The van der Waals surface area contributed by atoms with Crippen LogP contribution in [0.15, 0.2) is 18.2 Å². The molecule has 0 bridgehead atoms. The van der Waals surface area contributed by atoms with Crippen molar-refractivity contribution in [3.05, 3.63) is 29.3 Å². The van der Waals surface area contributed by atoms with Gasteiger partial charge in [-0.15, -0.1) is 0 Å². The molecule has 18 heavy (non-hydrogen) atoms. The molecule has 0 spiro atoms. The van der Waals surface area contributed by atoms with Gasteiger partial charge in [-0.05, 0) is 49.4 Å². The number of hydrogen-bond donors (Lipinski definition) is 1. The third-order valence-electron chi connectivity index (χ3n) is 4.06. The average molecular weight is 244 g/mol. The van der Waals surface area contributed by atoms with E-state index in [1.807, 2.05) is 4.90 Å².